The fraction of sp³-hybridized carbons (Fsp3) is 0.929. The molecule has 0 aromatic heterocycles. The van der Waals surface area contributed by atoms with Crippen LogP contribution < -0.4 is 0 Å². The standard InChI is InChI=1S/C14H26BrClO2/c1-5-6-7-8-9-12(15)10-14(16,11(2)3)13(17)18-4/h11-12H,5-10H2,1-4H3. The minimum atomic E-state index is -0.909. The molecule has 0 bridgehead atoms. The first-order valence-corrected chi connectivity index (χ1v) is 8.09. The molecule has 18 heavy (non-hydrogen) atoms. The van der Waals surface area contributed by atoms with Gasteiger partial charge in [0.05, 0.1) is 7.11 Å². The number of unbranched alkanes of at least 4 members (excludes halogenated alkanes) is 3. The quantitative estimate of drug-likeness (QED) is 0.338. The van der Waals surface area contributed by atoms with Crippen molar-refractivity contribution in [3.05, 3.63) is 0 Å². The van der Waals surface area contributed by atoms with Crippen molar-refractivity contribution in [2.45, 2.75) is 69.0 Å². The highest BCUT2D eigenvalue weighted by Crippen LogP contribution is 2.35. The van der Waals surface area contributed by atoms with Crippen molar-refractivity contribution in [1.82, 2.24) is 0 Å². The van der Waals surface area contributed by atoms with E-state index in [1.165, 1.54) is 32.8 Å². The Labute approximate surface area is 125 Å². The lowest BCUT2D eigenvalue weighted by Crippen LogP contribution is -2.41. The van der Waals surface area contributed by atoms with E-state index in [9.17, 15) is 4.79 Å². The maximum atomic E-state index is 11.8. The lowest BCUT2D eigenvalue weighted by molar-refractivity contribution is -0.145. The van der Waals surface area contributed by atoms with Crippen LogP contribution in [-0.2, 0) is 9.53 Å². The van der Waals surface area contributed by atoms with Crippen LogP contribution >= 0.6 is 27.5 Å². The van der Waals surface area contributed by atoms with E-state index >= 15 is 0 Å². The smallest absolute Gasteiger partial charge is 0.327 e. The molecular formula is C14H26BrClO2. The Bertz CT molecular complexity index is 246. The van der Waals surface area contributed by atoms with Crippen molar-refractivity contribution in [1.29, 1.82) is 0 Å². The largest absolute Gasteiger partial charge is 0.468 e. The second-order valence-electron chi connectivity index (χ2n) is 5.16. The summed E-state index contributed by atoms with van der Waals surface area (Å²) in [6.45, 7) is 6.12. The molecule has 0 heterocycles. The highest BCUT2D eigenvalue weighted by molar-refractivity contribution is 9.09. The Kier molecular flexibility index (Phi) is 9.32. The molecule has 0 aliphatic rings. The summed E-state index contributed by atoms with van der Waals surface area (Å²) in [5, 5.41) is 0. The number of alkyl halides is 2. The average molecular weight is 342 g/mol. The highest BCUT2D eigenvalue weighted by atomic mass is 79.9. The molecule has 0 spiro atoms. The van der Waals surface area contributed by atoms with Gasteiger partial charge in [0.25, 0.3) is 0 Å². The normalized spacial score (nSPS) is 16.4. The Hall–Kier alpha value is 0.240. The van der Waals surface area contributed by atoms with Gasteiger partial charge in [-0.1, -0.05) is 62.4 Å². The van der Waals surface area contributed by atoms with Crippen LogP contribution in [0.4, 0.5) is 0 Å². The van der Waals surface area contributed by atoms with Crippen molar-refractivity contribution < 1.29 is 9.53 Å². The van der Waals surface area contributed by atoms with Crippen molar-refractivity contribution in [3.8, 4) is 0 Å². The maximum absolute atomic E-state index is 11.8. The van der Waals surface area contributed by atoms with Crippen LogP contribution in [0.3, 0.4) is 0 Å². The van der Waals surface area contributed by atoms with E-state index in [1.807, 2.05) is 13.8 Å². The molecule has 0 aromatic carbocycles. The van der Waals surface area contributed by atoms with E-state index in [4.69, 9.17) is 16.3 Å². The molecule has 0 saturated heterocycles. The first-order chi connectivity index (χ1) is 8.38. The van der Waals surface area contributed by atoms with Crippen LogP contribution in [0, 0.1) is 5.92 Å². The summed E-state index contributed by atoms with van der Waals surface area (Å²) in [5.41, 5.74) is 0. The highest BCUT2D eigenvalue weighted by Gasteiger charge is 2.42. The zero-order valence-corrected chi connectivity index (χ0v) is 14.3. The molecule has 0 fully saturated rings. The van der Waals surface area contributed by atoms with Crippen molar-refractivity contribution in [2.75, 3.05) is 7.11 Å². The number of ether oxygens (including phenoxy) is 1. The second-order valence-corrected chi connectivity index (χ2v) is 7.13. The molecule has 0 rings (SSSR count). The van der Waals surface area contributed by atoms with Crippen LogP contribution in [0.25, 0.3) is 0 Å². The minimum absolute atomic E-state index is 0.0577. The fourth-order valence-corrected chi connectivity index (χ4v) is 3.23. The number of rotatable bonds is 9. The van der Waals surface area contributed by atoms with Gasteiger partial charge in [-0.05, 0) is 18.8 Å². The third-order valence-electron chi connectivity index (χ3n) is 3.33. The second kappa shape index (κ2) is 9.19. The molecule has 2 atom stereocenters. The molecule has 108 valence electrons. The Morgan fingerprint density at radius 3 is 2.39 bits per heavy atom. The SMILES string of the molecule is CCCCCCC(Br)CC(Cl)(C(=O)OC)C(C)C. The predicted octanol–water partition coefficient (Wildman–Crippen LogP) is 4.92. The molecule has 0 aliphatic carbocycles. The van der Waals surface area contributed by atoms with Gasteiger partial charge < -0.3 is 4.74 Å². The Balaban J connectivity index is 4.28. The van der Waals surface area contributed by atoms with E-state index in [1.54, 1.807) is 0 Å². The van der Waals surface area contributed by atoms with Crippen molar-refractivity contribution >= 4 is 33.5 Å². The molecule has 4 heteroatoms. The number of esters is 1. The Morgan fingerprint density at radius 2 is 1.94 bits per heavy atom. The lowest BCUT2D eigenvalue weighted by atomic mass is 9.89. The fourth-order valence-electron chi connectivity index (χ4n) is 1.94. The van der Waals surface area contributed by atoms with Gasteiger partial charge in [-0.2, -0.15) is 0 Å². The summed E-state index contributed by atoms with van der Waals surface area (Å²) in [7, 11) is 1.40. The topological polar surface area (TPSA) is 26.3 Å². The molecule has 0 amide bonds. The molecule has 0 saturated carbocycles. The molecule has 0 N–H and O–H groups in total. The lowest BCUT2D eigenvalue weighted by Gasteiger charge is -2.30. The third-order valence-corrected chi connectivity index (χ3v) is 4.86. The maximum Gasteiger partial charge on any atom is 0.327 e. The number of methoxy groups -OCH3 is 1. The first-order valence-electron chi connectivity index (χ1n) is 6.79. The summed E-state index contributed by atoms with van der Waals surface area (Å²) in [6.07, 6.45) is 6.60. The van der Waals surface area contributed by atoms with Crippen LogP contribution in [-0.4, -0.2) is 22.8 Å². The van der Waals surface area contributed by atoms with Gasteiger partial charge in [-0.3, -0.25) is 4.79 Å². The molecule has 2 nitrogen and oxygen atoms in total. The van der Waals surface area contributed by atoms with Crippen molar-refractivity contribution in [3.63, 3.8) is 0 Å². The van der Waals surface area contributed by atoms with Crippen LogP contribution in [0.15, 0.2) is 0 Å². The van der Waals surface area contributed by atoms with Gasteiger partial charge in [0.1, 0.15) is 4.87 Å². The van der Waals surface area contributed by atoms with Crippen LogP contribution in [0.5, 0.6) is 0 Å². The average Bonchev–Trinajstić information content (AvgIpc) is 2.33. The van der Waals surface area contributed by atoms with E-state index in [0.29, 0.717) is 6.42 Å². The summed E-state index contributed by atoms with van der Waals surface area (Å²) in [6, 6.07) is 0. The molecule has 0 aromatic rings. The number of hydrogen-bond donors (Lipinski definition) is 0. The van der Waals surface area contributed by atoms with Gasteiger partial charge in [-0.25, -0.2) is 0 Å². The third kappa shape index (κ3) is 5.92. The summed E-state index contributed by atoms with van der Waals surface area (Å²) in [5.74, 6) is -0.264. The van der Waals surface area contributed by atoms with Gasteiger partial charge in [0, 0.05) is 4.83 Å². The van der Waals surface area contributed by atoms with Crippen molar-refractivity contribution in [2.24, 2.45) is 5.92 Å². The molecular weight excluding hydrogens is 316 g/mol. The zero-order chi connectivity index (χ0) is 14.2. The summed E-state index contributed by atoms with van der Waals surface area (Å²) >= 11 is 10.1. The van der Waals surface area contributed by atoms with E-state index in [-0.39, 0.29) is 16.7 Å². The number of halogens is 2. The van der Waals surface area contributed by atoms with Gasteiger partial charge in [0.2, 0.25) is 0 Å². The van der Waals surface area contributed by atoms with E-state index in [0.717, 1.165) is 6.42 Å². The van der Waals surface area contributed by atoms with E-state index < -0.39 is 4.87 Å². The summed E-state index contributed by atoms with van der Waals surface area (Å²) in [4.78, 5) is 11.2. The number of hydrogen-bond acceptors (Lipinski definition) is 2. The Morgan fingerprint density at radius 1 is 1.33 bits per heavy atom. The predicted molar refractivity (Wildman–Crippen MR) is 81.5 cm³/mol. The first kappa shape index (κ1) is 18.2. The number of carbonyl (C=O) groups excluding carboxylic acids is 1. The molecule has 0 radical (unpaired) electrons. The molecule has 2 unspecified atom stereocenters. The monoisotopic (exact) mass is 340 g/mol. The van der Waals surface area contributed by atoms with Gasteiger partial charge in [-0.15, -0.1) is 11.6 Å². The summed E-state index contributed by atoms with van der Waals surface area (Å²) < 4.78 is 4.83. The van der Waals surface area contributed by atoms with Crippen LogP contribution in [0.1, 0.15) is 59.3 Å². The minimum Gasteiger partial charge on any atom is -0.468 e. The van der Waals surface area contributed by atoms with Crippen LogP contribution in [0.2, 0.25) is 0 Å². The van der Waals surface area contributed by atoms with E-state index in [2.05, 4.69) is 22.9 Å². The molecule has 0 aliphatic heterocycles. The zero-order valence-electron chi connectivity index (χ0n) is 12.0. The van der Waals surface area contributed by atoms with Gasteiger partial charge in [0.15, 0.2) is 0 Å². The van der Waals surface area contributed by atoms with Gasteiger partial charge >= 0.3 is 5.97 Å². The number of carbonyl (C=O) groups is 1.